The van der Waals surface area contributed by atoms with Crippen molar-refractivity contribution >= 4 is 5.65 Å². The highest BCUT2D eigenvalue weighted by molar-refractivity contribution is 5.43. The zero-order valence-electron chi connectivity index (χ0n) is 18.4. The van der Waals surface area contributed by atoms with Crippen LogP contribution in [-0.2, 0) is 6.54 Å². The van der Waals surface area contributed by atoms with Crippen molar-refractivity contribution in [3.63, 3.8) is 0 Å². The standard InChI is InChI=1S/C24H31N3O3/c1-5-11-29-21-9-8-19(13-22(21)30-12-6-2)18(4)25-15-20-14-24(28)27-16-17(3)7-10-23(27)26-20/h7-10,13-14,16,18,25H,5-6,11-12,15H2,1-4H3/p+1/t18-/m0/s1. The lowest BCUT2D eigenvalue weighted by molar-refractivity contribution is -0.708. The predicted octanol–water partition coefficient (Wildman–Crippen LogP) is 3.41. The van der Waals surface area contributed by atoms with Crippen LogP contribution in [0.1, 0.15) is 56.5 Å². The van der Waals surface area contributed by atoms with Gasteiger partial charge >= 0.3 is 0 Å². The summed E-state index contributed by atoms with van der Waals surface area (Å²) in [6.45, 7) is 10.2. The van der Waals surface area contributed by atoms with Gasteiger partial charge in [-0.1, -0.05) is 19.9 Å². The molecule has 0 aliphatic heterocycles. The van der Waals surface area contributed by atoms with Gasteiger partial charge in [0, 0.05) is 17.8 Å². The summed E-state index contributed by atoms with van der Waals surface area (Å²) in [5.41, 5.74) is 3.59. The van der Waals surface area contributed by atoms with Crippen molar-refractivity contribution in [2.75, 3.05) is 13.2 Å². The van der Waals surface area contributed by atoms with Crippen molar-refractivity contribution < 1.29 is 14.8 Å². The maximum absolute atomic E-state index is 12.4. The number of nitrogens with two attached hydrogens (primary N) is 1. The van der Waals surface area contributed by atoms with Gasteiger partial charge in [0.15, 0.2) is 11.5 Å². The molecule has 0 radical (unpaired) electrons. The van der Waals surface area contributed by atoms with Gasteiger partial charge in [0.05, 0.1) is 13.2 Å². The van der Waals surface area contributed by atoms with Crippen LogP contribution in [0.2, 0.25) is 0 Å². The molecule has 0 fully saturated rings. The second kappa shape index (κ2) is 10.3. The van der Waals surface area contributed by atoms with Gasteiger partial charge in [0.1, 0.15) is 23.9 Å². The fourth-order valence-corrected chi connectivity index (χ4v) is 3.26. The molecular formula is C24H32N3O3+. The normalized spacial score (nSPS) is 12.1. The van der Waals surface area contributed by atoms with E-state index < -0.39 is 0 Å². The molecule has 0 bridgehead atoms. The molecule has 1 aromatic carbocycles. The van der Waals surface area contributed by atoms with E-state index >= 15 is 0 Å². The monoisotopic (exact) mass is 410 g/mol. The van der Waals surface area contributed by atoms with Gasteiger partial charge in [0.2, 0.25) is 0 Å². The Hall–Kier alpha value is -2.86. The third-order valence-corrected chi connectivity index (χ3v) is 4.96. The highest BCUT2D eigenvalue weighted by Crippen LogP contribution is 2.30. The first-order chi connectivity index (χ1) is 14.5. The van der Waals surface area contributed by atoms with Crippen LogP contribution in [0.5, 0.6) is 11.5 Å². The number of benzene rings is 1. The van der Waals surface area contributed by atoms with E-state index in [4.69, 9.17) is 9.47 Å². The summed E-state index contributed by atoms with van der Waals surface area (Å²) < 4.78 is 13.3. The summed E-state index contributed by atoms with van der Waals surface area (Å²) in [5, 5.41) is 2.18. The van der Waals surface area contributed by atoms with Crippen LogP contribution in [0.4, 0.5) is 0 Å². The molecule has 0 aliphatic carbocycles. The average molecular weight is 411 g/mol. The van der Waals surface area contributed by atoms with Crippen LogP contribution >= 0.6 is 0 Å². The minimum Gasteiger partial charge on any atom is -0.490 e. The van der Waals surface area contributed by atoms with Crippen LogP contribution in [0, 0.1) is 6.92 Å². The molecule has 0 amide bonds. The second-order valence-corrected chi connectivity index (χ2v) is 7.65. The van der Waals surface area contributed by atoms with Gasteiger partial charge in [-0.2, -0.15) is 0 Å². The smallest absolute Gasteiger partial charge is 0.258 e. The fourth-order valence-electron chi connectivity index (χ4n) is 3.26. The number of hydrogen-bond acceptors (Lipinski definition) is 4. The molecule has 0 spiro atoms. The number of aromatic nitrogens is 2. The van der Waals surface area contributed by atoms with E-state index in [2.05, 4.69) is 43.2 Å². The molecule has 1 atom stereocenters. The van der Waals surface area contributed by atoms with Crippen LogP contribution in [0.15, 0.2) is 47.4 Å². The molecule has 160 valence electrons. The number of quaternary nitrogens is 1. The summed E-state index contributed by atoms with van der Waals surface area (Å²) >= 11 is 0. The summed E-state index contributed by atoms with van der Waals surface area (Å²) in [4.78, 5) is 17.0. The topological polar surface area (TPSA) is 69.4 Å². The molecule has 0 unspecified atom stereocenters. The van der Waals surface area contributed by atoms with E-state index in [9.17, 15) is 4.79 Å². The third kappa shape index (κ3) is 5.39. The van der Waals surface area contributed by atoms with Crippen LogP contribution in [0.3, 0.4) is 0 Å². The van der Waals surface area contributed by atoms with Gasteiger partial charge in [-0.15, -0.1) is 0 Å². The van der Waals surface area contributed by atoms with E-state index in [0.29, 0.717) is 25.4 Å². The van der Waals surface area contributed by atoms with Crippen molar-refractivity contribution in [1.82, 2.24) is 9.38 Å². The molecule has 2 heterocycles. The van der Waals surface area contributed by atoms with Crippen molar-refractivity contribution in [2.45, 2.75) is 53.1 Å². The summed E-state index contributed by atoms with van der Waals surface area (Å²) in [7, 11) is 0. The Balaban J connectivity index is 1.73. The SMILES string of the molecule is CCCOc1ccc([C@H](C)[NH2+]Cc2cc(=O)n3cc(C)ccc3n2)cc1OCCC. The number of nitrogens with zero attached hydrogens (tertiary/aromatic N) is 2. The molecule has 0 aliphatic rings. The molecule has 6 heteroatoms. The van der Waals surface area contributed by atoms with Gasteiger partial charge < -0.3 is 14.8 Å². The first kappa shape index (κ1) is 21.8. The minimum atomic E-state index is -0.0487. The summed E-state index contributed by atoms with van der Waals surface area (Å²) in [5.74, 6) is 1.58. The Labute approximate surface area is 177 Å². The molecule has 2 N–H and O–H groups in total. The molecule has 30 heavy (non-hydrogen) atoms. The van der Waals surface area contributed by atoms with Gasteiger partial charge in [-0.05, 0) is 56.5 Å². The largest absolute Gasteiger partial charge is 0.490 e. The summed E-state index contributed by atoms with van der Waals surface area (Å²) in [6.07, 6.45) is 3.72. The molecule has 0 saturated carbocycles. The predicted molar refractivity (Wildman–Crippen MR) is 118 cm³/mol. The first-order valence-electron chi connectivity index (χ1n) is 10.7. The molecule has 3 rings (SSSR count). The van der Waals surface area contributed by atoms with Crippen LogP contribution in [-0.4, -0.2) is 22.6 Å². The number of aryl methyl sites for hydroxylation is 1. The molecule has 3 aromatic rings. The number of rotatable bonds is 10. The third-order valence-electron chi connectivity index (χ3n) is 4.96. The van der Waals surface area contributed by atoms with Gasteiger partial charge in [0.25, 0.3) is 5.56 Å². The van der Waals surface area contributed by atoms with Crippen LogP contribution in [0.25, 0.3) is 5.65 Å². The van der Waals surface area contributed by atoms with Crippen LogP contribution < -0.4 is 20.3 Å². The Morgan fingerprint density at radius 3 is 2.50 bits per heavy atom. The Morgan fingerprint density at radius 2 is 1.77 bits per heavy atom. The highest BCUT2D eigenvalue weighted by Gasteiger charge is 2.14. The van der Waals surface area contributed by atoms with E-state index in [1.54, 1.807) is 10.5 Å². The lowest BCUT2D eigenvalue weighted by Crippen LogP contribution is -2.83. The first-order valence-corrected chi connectivity index (χ1v) is 10.7. The molecule has 6 nitrogen and oxygen atoms in total. The Kier molecular flexibility index (Phi) is 7.46. The van der Waals surface area contributed by atoms with Crippen molar-refractivity contribution in [2.24, 2.45) is 0 Å². The quantitative estimate of drug-likeness (QED) is 0.556. The molecule has 2 aromatic heterocycles. The maximum Gasteiger partial charge on any atom is 0.258 e. The number of fused-ring (bicyclic) bond motifs is 1. The van der Waals surface area contributed by atoms with Crippen molar-refractivity contribution in [3.8, 4) is 11.5 Å². The van der Waals surface area contributed by atoms with E-state index in [1.807, 2.05) is 31.3 Å². The Bertz CT molecular complexity index is 1050. The Morgan fingerprint density at radius 1 is 1.03 bits per heavy atom. The number of ether oxygens (including phenoxy) is 2. The second-order valence-electron chi connectivity index (χ2n) is 7.65. The molecule has 0 saturated heterocycles. The number of pyridine rings is 1. The summed E-state index contributed by atoms with van der Waals surface area (Å²) in [6, 6.07) is 11.8. The van der Waals surface area contributed by atoms with Gasteiger partial charge in [-0.3, -0.25) is 9.20 Å². The van der Waals surface area contributed by atoms with E-state index in [-0.39, 0.29) is 11.6 Å². The number of hydrogen-bond donors (Lipinski definition) is 1. The maximum atomic E-state index is 12.4. The highest BCUT2D eigenvalue weighted by atomic mass is 16.5. The molecular weight excluding hydrogens is 378 g/mol. The zero-order valence-corrected chi connectivity index (χ0v) is 18.4. The average Bonchev–Trinajstić information content (AvgIpc) is 2.75. The zero-order chi connectivity index (χ0) is 21.5. The lowest BCUT2D eigenvalue weighted by Gasteiger charge is -2.16. The van der Waals surface area contributed by atoms with Crippen molar-refractivity contribution in [1.29, 1.82) is 0 Å². The van der Waals surface area contributed by atoms with E-state index in [1.165, 1.54) is 0 Å². The van der Waals surface area contributed by atoms with Gasteiger partial charge in [-0.25, -0.2) is 4.98 Å². The minimum absolute atomic E-state index is 0.0487. The van der Waals surface area contributed by atoms with E-state index in [0.717, 1.165) is 41.2 Å². The van der Waals surface area contributed by atoms with Crippen molar-refractivity contribution in [3.05, 3.63) is 69.8 Å². The fraction of sp³-hybridized carbons (Fsp3) is 0.417. The lowest BCUT2D eigenvalue weighted by atomic mass is 10.1.